The number of amides is 1. The van der Waals surface area contributed by atoms with E-state index in [4.69, 9.17) is 9.47 Å². The van der Waals surface area contributed by atoms with E-state index in [9.17, 15) is 13.6 Å². The Kier molecular flexibility index (Phi) is 4.77. The minimum atomic E-state index is -2.96. The molecule has 0 N–H and O–H groups in total. The predicted octanol–water partition coefficient (Wildman–Crippen LogP) is 2.31. The van der Waals surface area contributed by atoms with Crippen LogP contribution in [0.15, 0.2) is 24.3 Å². The van der Waals surface area contributed by atoms with E-state index in [1.54, 1.807) is 17.0 Å². The summed E-state index contributed by atoms with van der Waals surface area (Å²) in [5.41, 5.74) is -0.234. The molecule has 0 aromatic heterocycles. The average molecular weight is 327 g/mol. The van der Waals surface area contributed by atoms with Crippen LogP contribution in [-0.4, -0.2) is 55.9 Å². The van der Waals surface area contributed by atoms with E-state index in [0.717, 1.165) is 12.8 Å². The van der Waals surface area contributed by atoms with Gasteiger partial charge in [0.2, 0.25) is 0 Å². The number of carbonyl (C=O) groups is 1. The maximum Gasteiger partial charge on any atom is 0.387 e. The summed E-state index contributed by atoms with van der Waals surface area (Å²) in [6, 6.07) is 6.08. The second-order valence-electron chi connectivity index (χ2n) is 5.75. The molecule has 126 valence electrons. The third kappa shape index (κ3) is 3.61. The molecule has 0 aliphatic carbocycles. The van der Waals surface area contributed by atoms with Gasteiger partial charge in [-0.3, -0.25) is 4.79 Å². The molecule has 1 aromatic carbocycles. The van der Waals surface area contributed by atoms with E-state index < -0.39 is 6.61 Å². The minimum absolute atomic E-state index is 0.0972. The second kappa shape index (κ2) is 6.80. The van der Waals surface area contributed by atoms with Gasteiger partial charge in [0.25, 0.3) is 5.91 Å². The van der Waals surface area contributed by atoms with Gasteiger partial charge in [0.05, 0.1) is 24.3 Å². The van der Waals surface area contributed by atoms with Gasteiger partial charge in [-0.25, -0.2) is 0 Å². The van der Waals surface area contributed by atoms with Gasteiger partial charge in [0.1, 0.15) is 5.75 Å². The van der Waals surface area contributed by atoms with Gasteiger partial charge >= 0.3 is 6.61 Å². The first-order valence-electron chi connectivity index (χ1n) is 7.64. The molecule has 0 unspecified atom stereocenters. The number of benzene rings is 1. The predicted molar refractivity (Wildman–Crippen MR) is 77.7 cm³/mol. The number of nitrogens with zero attached hydrogens (tertiary/aromatic N) is 1. The van der Waals surface area contributed by atoms with Gasteiger partial charge in [-0.2, -0.15) is 8.78 Å². The van der Waals surface area contributed by atoms with Crippen molar-refractivity contribution in [3.05, 3.63) is 29.8 Å². The summed E-state index contributed by atoms with van der Waals surface area (Å²) in [6.45, 7) is -0.442. The number of alkyl halides is 2. The van der Waals surface area contributed by atoms with E-state index in [1.807, 2.05) is 0 Å². The van der Waals surface area contributed by atoms with Crippen molar-refractivity contribution in [3.8, 4) is 5.75 Å². The molecular formula is C16H19F2NO4. The van der Waals surface area contributed by atoms with Crippen LogP contribution in [-0.2, 0) is 9.47 Å². The summed E-state index contributed by atoms with van der Waals surface area (Å²) in [4.78, 5) is 14.4. The van der Waals surface area contributed by atoms with E-state index in [1.165, 1.54) is 12.1 Å². The van der Waals surface area contributed by atoms with E-state index >= 15 is 0 Å². The normalized spacial score (nSPS) is 20.7. The highest BCUT2D eigenvalue weighted by atomic mass is 19.3. The highest BCUT2D eigenvalue weighted by Crippen LogP contribution is 2.31. The molecule has 7 heteroatoms. The first-order chi connectivity index (χ1) is 11.1. The van der Waals surface area contributed by atoms with Crippen LogP contribution >= 0.6 is 0 Å². The molecule has 2 fully saturated rings. The Morgan fingerprint density at radius 1 is 1.22 bits per heavy atom. The van der Waals surface area contributed by atoms with Gasteiger partial charge in [-0.05, 0) is 12.1 Å². The molecule has 2 aliphatic rings. The molecule has 5 nitrogen and oxygen atoms in total. The van der Waals surface area contributed by atoms with Crippen molar-refractivity contribution in [1.29, 1.82) is 0 Å². The lowest BCUT2D eigenvalue weighted by molar-refractivity contribution is -0.146. The molecule has 0 atom stereocenters. The molecule has 2 aliphatic heterocycles. The lowest BCUT2D eigenvalue weighted by atomic mass is 9.92. The minimum Gasteiger partial charge on any atom is -0.434 e. The zero-order chi connectivity index (χ0) is 16.3. The van der Waals surface area contributed by atoms with Crippen LogP contribution in [0.2, 0.25) is 0 Å². The van der Waals surface area contributed by atoms with E-state index in [0.29, 0.717) is 32.9 Å². The zero-order valence-corrected chi connectivity index (χ0v) is 12.7. The number of rotatable bonds is 3. The fourth-order valence-electron chi connectivity index (χ4n) is 3.08. The van der Waals surface area contributed by atoms with Crippen LogP contribution in [0.1, 0.15) is 23.2 Å². The van der Waals surface area contributed by atoms with Crippen molar-refractivity contribution < 1.29 is 27.8 Å². The summed E-state index contributed by atoms with van der Waals surface area (Å²) in [6.07, 6.45) is 1.46. The van der Waals surface area contributed by atoms with Crippen molar-refractivity contribution in [2.45, 2.75) is 25.1 Å². The van der Waals surface area contributed by atoms with Crippen LogP contribution in [0.4, 0.5) is 8.78 Å². The molecule has 1 spiro atoms. The molecule has 1 amide bonds. The highest BCUT2D eigenvalue weighted by Gasteiger charge is 2.40. The van der Waals surface area contributed by atoms with Gasteiger partial charge in [-0.1, -0.05) is 12.1 Å². The fraction of sp³-hybridized carbons (Fsp3) is 0.562. The van der Waals surface area contributed by atoms with Crippen molar-refractivity contribution in [2.24, 2.45) is 0 Å². The Morgan fingerprint density at radius 3 is 2.70 bits per heavy atom. The van der Waals surface area contributed by atoms with Crippen molar-refractivity contribution >= 4 is 5.91 Å². The van der Waals surface area contributed by atoms with Crippen LogP contribution in [0, 0.1) is 0 Å². The third-order valence-corrected chi connectivity index (χ3v) is 4.27. The number of hydrogen-bond acceptors (Lipinski definition) is 4. The molecule has 0 bridgehead atoms. The van der Waals surface area contributed by atoms with Crippen molar-refractivity contribution in [1.82, 2.24) is 4.90 Å². The second-order valence-corrected chi connectivity index (χ2v) is 5.75. The van der Waals surface area contributed by atoms with E-state index in [2.05, 4.69) is 4.74 Å². The maximum atomic E-state index is 12.7. The average Bonchev–Trinajstić information content (AvgIpc) is 2.55. The van der Waals surface area contributed by atoms with Gasteiger partial charge in [-0.15, -0.1) is 0 Å². The number of carbonyl (C=O) groups excluding carboxylic acids is 1. The SMILES string of the molecule is O=C(c1ccccc1OC(F)F)N1CCOC2(CCOCC2)C1. The lowest BCUT2D eigenvalue weighted by Gasteiger charge is -2.44. The van der Waals surface area contributed by atoms with Crippen molar-refractivity contribution in [2.75, 3.05) is 32.9 Å². The van der Waals surface area contributed by atoms with Crippen LogP contribution < -0.4 is 4.74 Å². The molecule has 0 saturated carbocycles. The molecule has 3 rings (SSSR count). The molecule has 23 heavy (non-hydrogen) atoms. The summed E-state index contributed by atoms with van der Waals surface area (Å²) >= 11 is 0. The van der Waals surface area contributed by atoms with Crippen molar-refractivity contribution in [3.63, 3.8) is 0 Å². The van der Waals surface area contributed by atoms with Gasteiger partial charge in [0.15, 0.2) is 0 Å². The Bertz CT molecular complexity index is 555. The molecular weight excluding hydrogens is 308 g/mol. The number of morpholine rings is 1. The molecule has 2 saturated heterocycles. The molecule has 1 aromatic rings. The van der Waals surface area contributed by atoms with Crippen LogP contribution in [0.25, 0.3) is 0 Å². The summed E-state index contributed by atoms with van der Waals surface area (Å²) < 4.78 is 40.7. The third-order valence-electron chi connectivity index (χ3n) is 4.27. The molecule has 2 heterocycles. The van der Waals surface area contributed by atoms with E-state index in [-0.39, 0.29) is 22.8 Å². The Hall–Kier alpha value is -1.73. The first-order valence-corrected chi connectivity index (χ1v) is 7.64. The zero-order valence-electron chi connectivity index (χ0n) is 12.7. The number of ether oxygens (including phenoxy) is 3. The highest BCUT2D eigenvalue weighted by molar-refractivity contribution is 5.97. The summed E-state index contributed by atoms with van der Waals surface area (Å²) in [5, 5.41) is 0. The molecule has 0 radical (unpaired) electrons. The number of para-hydroxylation sites is 1. The summed E-state index contributed by atoms with van der Waals surface area (Å²) in [5.74, 6) is -0.407. The Labute approximate surface area is 133 Å². The fourth-order valence-corrected chi connectivity index (χ4v) is 3.08. The smallest absolute Gasteiger partial charge is 0.387 e. The van der Waals surface area contributed by atoms with Gasteiger partial charge in [0, 0.05) is 32.6 Å². The standard InChI is InChI=1S/C16H19F2NO4/c17-15(18)23-13-4-2-1-3-12(13)14(20)19-7-10-22-16(11-19)5-8-21-9-6-16/h1-4,15H,5-11H2. The monoisotopic (exact) mass is 327 g/mol. The Morgan fingerprint density at radius 2 is 1.96 bits per heavy atom. The summed E-state index contributed by atoms with van der Waals surface area (Å²) in [7, 11) is 0. The largest absolute Gasteiger partial charge is 0.434 e. The van der Waals surface area contributed by atoms with Crippen LogP contribution in [0.3, 0.4) is 0 Å². The maximum absolute atomic E-state index is 12.7. The Balaban J connectivity index is 1.77. The topological polar surface area (TPSA) is 48.0 Å². The van der Waals surface area contributed by atoms with Crippen LogP contribution in [0.5, 0.6) is 5.75 Å². The quantitative estimate of drug-likeness (QED) is 0.855. The first kappa shape index (κ1) is 16.1. The van der Waals surface area contributed by atoms with Gasteiger partial charge < -0.3 is 19.1 Å². The number of halogens is 2. The lowest BCUT2D eigenvalue weighted by Crippen LogP contribution is -2.55. The number of hydrogen-bond donors (Lipinski definition) is 0.